The van der Waals surface area contributed by atoms with E-state index in [0.29, 0.717) is 30.4 Å². The number of imidazole rings is 1. The second-order valence-corrected chi connectivity index (χ2v) is 9.85. The van der Waals surface area contributed by atoms with Gasteiger partial charge in [-0.1, -0.05) is 12.1 Å². The number of fused-ring (bicyclic) bond motifs is 1. The molecule has 0 unspecified atom stereocenters. The lowest BCUT2D eigenvalue weighted by Gasteiger charge is -2.23. The van der Waals surface area contributed by atoms with Gasteiger partial charge in [0.25, 0.3) is 0 Å². The first kappa shape index (κ1) is 23.1. The van der Waals surface area contributed by atoms with Gasteiger partial charge in [-0.15, -0.1) is 0 Å². The standard InChI is InChI=1S/C28H28N8O/c1-33(2)22-11-14-34(18-22)28-27-30-12-15-36(27)26(25(32-28)20-7-5-19(16-29)6-8-20)21-9-10-23(31-17-21)35-13-3-4-24(35)37/h5-10,12,15,17,22H,3-4,11,13-14,18H2,1-2H3/t22-/m0/s1. The number of rotatable bonds is 5. The highest BCUT2D eigenvalue weighted by Gasteiger charge is 2.29. The van der Waals surface area contributed by atoms with Gasteiger partial charge in [-0.3, -0.25) is 14.1 Å². The molecule has 1 atom stereocenters. The normalized spacial score (nSPS) is 17.8. The predicted octanol–water partition coefficient (Wildman–Crippen LogP) is 3.60. The molecular weight excluding hydrogens is 464 g/mol. The number of likely N-dealkylation sites (N-methyl/N-ethyl adjacent to an activating group) is 1. The summed E-state index contributed by atoms with van der Waals surface area (Å²) in [5, 5.41) is 9.31. The second-order valence-electron chi connectivity index (χ2n) is 9.85. The summed E-state index contributed by atoms with van der Waals surface area (Å²) in [4.78, 5) is 33.1. The summed E-state index contributed by atoms with van der Waals surface area (Å²) >= 11 is 0. The van der Waals surface area contributed by atoms with Crippen molar-refractivity contribution in [3.05, 3.63) is 60.6 Å². The van der Waals surface area contributed by atoms with Crippen LogP contribution in [-0.4, -0.2) is 69.9 Å². The lowest BCUT2D eigenvalue weighted by atomic mass is 10.0. The summed E-state index contributed by atoms with van der Waals surface area (Å²) in [6.45, 7) is 2.49. The Bertz CT molecular complexity index is 1500. The van der Waals surface area contributed by atoms with Gasteiger partial charge in [0, 0.05) is 61.8 Å². The zero-order valence-electron chi connectivity index (χ0n) is 21.0. The number of anilines is 2. The second kappa shape index (κ2) is 9.30. The molecule has 2 aliphatic heterocycles. The molecule has 2 fully saturated rings. The summed E-state index contributed by atoms with van der Waals surface area (Å²) in [6, 6.07) is 14.1. The lowest BCUT2D eigenvalue weighted by Crippen LogP contribution is -2.32. The Hall–Kier alpha value is -4.29. The van der Waals surface area contributed by atoms with E-state index in [4.69, 9.17) is 9.97 Å². The lowest BCUT2D eigenvalue weighted by molar-refractivity contribution is -0.117. The molecule has 1 amide bonds. The van der Waals surface area contributed by atoms with Crippen molar-refractivity contribution in [2.24, 2.45) is 0 Å². The maximum Gasteiger partial charge on any atom is 0.228 e. The Labute approximate surface area is 215 Å². The van der Waals surface area contributed by atoms with Crippen LogP contribution in [0.2, 0.25) is 0 Å². The highest BCUT2D eigenvalue weighted by Crippen LogP contribution is 2.36. The zero-order chi connectivity index (χ0) is 25.5. The van der Waals surface area contributed by atoms with Crippen LogP contribution in [0.1, 0.15) is 24.8 Å². The first-order chi connectivity index (χ1) is 18.0. The minimum Gasteiger partial charge on any atom is -0.352 e. The summed E-state index contributed by atoms with van der Waals surface area (Å²) in [5.74, 6) is 1.64. The van der Waals surface area contributed by atoms with Gasteiger partial charge in [0.15, 0.2) is 11.5 Å². The summed E-state index contributed by atoms with van der Waals surface area (Å²) in [5.41, 5.74) is 4.85. The molecule has 2 aliphatic rings. The molecule has 0 saturated carbocycles. The van der Waals surface area contributed by atoms with Crippen LogP contribution in [0.25, 0.3) is 28.2 Å². The number of benzene rings is 1. The van der Waals surface area contributed by atoms with Crippen LogP contribution in [0, 0.1) is 11.3 Å². The molecule has 5 heterocycles. The van der Waals surface area contributed by atoms with E-state index < -0.39 is 0 Å². The van der Waals surface area contributed by atoms with Gasteiger partial charge in [-0.05, 0) is 51.2 Å². The molecule has 1 aromatic carbocycles. The van der Waals surface area contributed by atoms with E-state index in [0.717, 1.165) is 59.9 Å². The molecule has 9 nitrogen and oxygen atoms in total. The van der Waals surface area contributed by atoms with Gasteiger partial charge in [-0.25, -0.2) is 15.0 Å². The van der Waals surface area contributed by atoms with E-state index in [1.54, 1.807) is 11.1 Å². The van der Waals surface area contributed by atoms with Crippen molar-refractivity contribution in [3.63, 3.8) is 0 Å². The number of hydrogen-bond donors (Lipinski definition) is 0. The van der Waals surface area contributed by atoms with Gasteiger partial charge in [0.1, 0.15) is 5.82 Å². The molecule has 6 rings (SSSR count). The molecule has 4 aromatic rings. The van der Waals surface area contributed by atoms with Crippen LogP contribution in [0.15, 0.2) is 55.0 Å². The molecule has 3 aromatic heterocycles. The van der Waals surface area contributed by atoms with Crippen molar-refractivity contribution in [1.29, 1.82) is 5.26 Å². The minimum atomic E-state index is 0.114. The van der Waals surface area contributed by atoms with Crippen molar-refractivity contribution < 1.29 is 4.79 Å². The fraction of sp³-hybridized carbons (Fsp3) is 0.321. The third-order valence-corrected chi connectivity index (χ3v) is 7.38. The molecule has 0 spiro atoms. The Kier molecular flexibility index (Phi) is 5.81. The average molecular weight is 493 g/mol. The van der Waals surface area contributed by atoms with E-state index in [1.165, 1.54) is 0 Å². The highest BCUT2D eigenvalue weighted by atomic mass is 16.2. The molecule has 37 heavy (non-hydrogen) atoms. The average Bonchev–Trinajstić information content (AvgIpc) is 3.69. The maximum absolute atomic E-state index is 12.2. The molecule has 0 aliphatic carbocycles. The Morgan fingerprint density at radius 3 is 2.51 bits per heavy atom. The Morgan fingerprint density at radius 2 is 1.86 bits per heavy atom. The smallest absolute Gasteiger partial charge is 0.228 e. The molecule has 2 saturated heterocycles. The van der Waals surface area contributed by atoms with Crippen LogP contribution in [0.3, 0.4) is 0 Å². The Morgan fingerprint density at radius 1 is 1.05 bits per heavy atom. The number of pyridine rings is 1. The molecule has 186 valence electrons. The number of amides is 1. The summed E-state index contributed by atoms with van der Waals surface area (Å²) in [7, 11) is 4.23. The first-order valence-electron chi connectivity index (χ1n) is 12.6. The number of carbonyl (C=O) groups is 1. The topological polar surface area (TPSA) is 93.7 Å². The van der Waals surface area contributed by atoms with Crippen LogP contribution in [-0.2, 0) is 4.79 Å². The van der Waals surface area contributed by atoms with Crippen molar-refractivity contribution in [3.8, 4) is 28.6 Å². The van der Waals surface area contributed by atoms with E-state index in [1.807, 2.05) is 48.8 Å². The number of hydrogen-bond acceptors (Lipinski definition) is 7. The van der Waals surface area contributed by atoms with E-state index in [-0.39, 0.29) is 5.91 Å². The fourth-order valence-corrected chi connectivity index (χ4v) is 5.30. The van der Waals surface area contributed by atoms with Gasteiger partial charge in [0.2, 0.25) is 5.91 Å². The third kappa shape index (κ3) is 4.09. The number of carbonyl (C=O) groups excluding carboxylic acids is 1. The van der Waals surface area contributed by atoms with Crippen molar-refractivity contribution in [2.75, 3.05) is 43.5 Å². The van der Waals surface area contributed by atoms with Crippen molar-refractivity contribution >= 4 is 23.2 Å². The van der Waals surface area contributed by atoms with Gasteiger partial charge in [-0.2, -0.15) is 5.26 Å². The van der Waals surface area contributed by atoms with Crippen LogP contribution in [0.5, 0.6) is 0 Å². The van der Waals surface area contributed by atoms with Crippen molar-refractivity contribution in [2.45, 2.75) is 25.3 Å². The van der Waals surface area contributed by atoms with E-state index in [2.05, 4.69) is 39.3 Å². The highest BCUT2D eigenvalue weighted by molar-refractivity contribution is 5.94. The van der Waals surface area contributed by atoms with E-state index in [9.17, 15) is 10.1 Å². The molecule has 0 bridgehead atoms. The van der Waals surface area contributed by atoms with Crippen LogP contribution < -0.4 is 9.80 Å². The largest absolute Gasteiger partial charge is 0.352 e. The zero-order valence-corrected chi connectivity index (χ0v) is 21.0. The molecule has 9 heteroatoms. The van der Waals surface area contributed by atoms with Crippen LogP contribution >= 0.6 is 0 Å². The predicted molar refractivity (Wildman–Crippen MR) is 142 cm³/mol. The van der Waals surface area contributed by atoms with Crippen LogP contribution in [0.4, 0.5) is 11.6 Å². The number of aromatic nitrogens is 4. The fourth-order valence-electron chi connectivity index (χ4n) is 5.30. The molecular formula is C28H28N8O. The monoisotopic (exact) mass is 492 g/mol. The molecule has 0 N–H and O–H groups in total. The van der Waals surface area contributed by atoms with Gasteiger partial charge >= 0.3 is 0 Å². The third-order valence-electron chi connectivity index (χ3n) is 7.38. The first-order valence-corrected chi connectivity index (χ1v) is 12.6. The Balaban J connectivity index is 1.50. The van der Waals surface area contributed by atoms with Gasteiger partial charge < -0.3 is 9.80 Å². The van der Waals surface area contributed by atoms with Gasteiger partial charge in [0.05, 0.1) is 23.0 Å². The van der Waals surface area contributed by atoms with Crippen molar-refractivity contribution in [1.82, 2.24) is 24.3 Å². The molecule has 0 radical (unpaired) electrons. The number of nitrogens with zero attached hydrogens (tertiary/aromatic N) is 8. The maximum atomic E-state index is 12.2. The number of nitriles is 1. The minimum absolute atomic E-state index is 0.114. The summed E-state index contributed by atoms with van der Waals surface area (Å²) < 4.78 is 2.08. The quantitative estimate of drug-likeness (QED) is 0.420. The SMILES string of the molecule is CN(C)[C@H]1CCN(c2nc(-c3ccc(C#N)cc3)c(-c3ccc(N4CCCC4=O)nc3)n3ccnc23)C1. The van der Waals surface area contributed by atoms with E-state index >= 15 is 0 Å². The summed E-state index contributed by atoms with van der Waals surface area (Å²) in [6.07, 6.45) is 8.06.